The molecule has 1 saturated heterocycles. The van der Waals surface area contributed by atoms with Crippen LogP contribution in [0.4, 0.5) is 0 Å². The summed E-state index contributed by atoms with van der Waals surface area (Å²) in [7, 11) is 0. The Kier molecular flexibility index (Phi) is 2.86. The second kappa shape index (κ2) is 4.39. The van der Waals surface area contributed by atoms with E-state index in [2.05, 4.69) is 42.3 Å². The first kappa shape index (κ1) is 11.7. The van der Waals surface area contributed by atoms with E-state index in [4.69, 9.17) is 4.98 Å². The minimum Gasteiger partial charge on any atom is -0.342 e. The quantitative estimate of drug-likeness (QED) is 0.851. The Balaban J connectivity index is 2.02. The SMILES string of the molecule is CCc1ccc2nc(C3(C)CCNCC3)[nH]c2c1. The lowest BCUT2D eigenvalue weighted by atomic mass is 9.80. The summed E-state index contributed by atoms with van der Waals surface area (Å²) < 4.78 is 0. The number of rotatable bonds is 2. The normalized spacial score (nSPS) is 19.2. The lowest BCUT2D eigenvalue weighted by molar-refractivity contribution is 0.321. The molecule has 0 amide bonds. The molecule has 2 heterocycles. The van der Waals surface area contributed by atoms with Gasteiger partial charge in [-0.1, -0.05) is 19.9 Å². The number of fused-ring (bicyclic) bond motifs is 1. The monoisotopic (exact) mass is 243 g/mol. The molecular formula is C15H21N3. The van der Waals surface area contributed by atoms with Gasteiger partial charge in [-0.25, -0.2) is 4.98 Å². The number of H-pyrrole nitrogens is 1. The molecule has 2 N–H and O–H groups in total. The van der Waals surface area contributed by atoms with Crippen molar-refractivity contribution in [1.29, 1.82) is 0 Å². The number of aryl methyl sites for hydroxylation is 1. The van der Waals surface area contributed by atoms with Gasteiger partial charge in [0.1, 0.15) is 5.82 Å². The van der Waals surface area contributed by atoms with Crippen molar-refractivity contribution in [2.45, 2.75) is 38.5 Å². The lowest BCUT2D eigenvalue weighted by Crippen LogP contribution is -2.38. The Morgan fingerprint density at radius 2 is 2.06 bits per heavy atom. The second-order valence-electron chi connectivity index (χ2n) is 5.60. The standard InChI is InChI=1S/C15H21N3/c1-3-11-4-5-12-13(10-11)18-14(17-12)15(2)6-8-16-9-7-15/h4-5,10,16H,3,6-9H2,1-2H3,(H,17,18). The van der Waals surface area contributed by atoms with Crippen molar-refractivity contribution in [2.24, 2.45) is 0 Å². The van der Waals surface area contributed by atoms with Gasteiger partial charge >= 0.3 is 0 Å². The van der Waals surface area contributed by atoms with Crippen LogP contribution in [0.1, 0.15) is 38.1 Å². The van der Waals surface area contributed by atoms with Gasteiger partial charge in [-0.3, -0.25) is 0 Å². The number of benzene rings is 1. The fourth-order valence-electron chi connectivity index (χ4n) is 2.78. The molecule has 0 unspecified atom stereocenters. The predicted molar refractivity (Wildman–Crippen MR) is 74.9 cm³/mol. The van der Waals surface area contributed by atoms with Crippen LogP contribution in [0.2, 0.25) is 0 Å². The molecule has 18 heavy (non-hydrogen) atoms. The van der Waals surface area contributed by atoms with Crippen LogP contribution in [-0.4, -0.2) is 23.1 Å². The number of nitrogens with zero attached hydrogens (tertiary/aromatic N) is 1. The molecule has 0 saturated carbocycles. The number of hydrogen-bond donors (Lipinski definition) is 2. The summed E-state index contributed by atoms with van der Waals surface area (Å²) in [5.74, 6) is 1.16. The van der Waals surface area contributed by atoms with Gasteiger partial charge in [-0.15, -0.1) is 0 Å². The van der Waals surface area contributed by atoms with Crippen molar-refractivity contribution >= 4 is 11.0 Å². The largest absolute Gasteiger partial charge is 0.342 e. The van der Waals surface area contributed by atoms with Gasteiger partial charge in [0.25, 0.3) is 0 Å². The van der Waals surface area contributed by atoms with E-state index in [-0.39, 0.29) is 5.41 Å². The molecule has 0 spiro atoms. The van der Waals surface area contributed by atoms with Gasteiger partial charge in [0, 0.05) is 5.41 Å². The first-order chi connectivity index (χ1) is 8.71. The predicted octanol–water partition coefficient (Wildman–Crippen LogP) is 2.77. The third-order valence-corrected chi connectivity index (χ3v) is 4.23. The highest BCUT2D eigenvalue weighted by Gasteiger charge is 2.31. The highest BCUT2D eigenvalue weighted by atomic mass is 15.0. The fraction of sp³-hybridized carbons (Fsp3) is 0.533. The number of aromatic nitrogens is 2. The zero-order valence-electron chi connectivity index (χ0n) is 11.2. The van der Waals surface area contributed by atoms with Gasteiger partial charge in [-0.05, 0) is 50.0 Å². The molecule has 0 atom stereocenters. The number of aromatic amines is 1. The minimum absolute atomic E-state index is 0.205. The molecule has 2 aromatic rings. The first-order valence-corrected chi connectivity index (χ1v) is 6.91. The molecule has 3 heteroatoms. The van der Waals surface area contributed by atoms with Crippen LogP contribution in [0.3, 0.4) is 0 Å². The Morgan fingerprint density at radius 1 is 1.28 bits per heavy atom. The number of hydrogen-bond acceptors (Lipinski definition) is 2. The average molecular weight is 243 g/mol. The summed E-state index contributed by atoms with van der Waals surface area (Å²) >= 11 is 0. The van der Waals surface area contributed by atoms with Gasteiger partial charge < -0.3 is 10.3 Å². The molecule has 1 aromatic heterocycles. The summed E-state index contributed by atoms with van der Waals surface area (Å²) in [4.78, 5) is 8.34. The Labute approximate surface area is 108 Å². The molecule has 1 fully saturated rings. The van der Waals surface area contributed by atoms with Crippen molar-refractivity contribution < 1.29 is 0 Å². The van der Waals surface area contributed by atoms with Crippen LogP contribution in [0, 0.1) is 0 Å². The summed E-state index contributed by atoms with van der Waals surface area (Å²) in [6.45, 7) is 6.69. The molecule has 3 rings (SSSR count). The smallest absolute Gasteiger partial charge is 0.113 e. The first-order valence-electron chi connectivity index (χ1n) is 6.91. The van der Waals surface area contributed by atoms with Gasteiger partial charge in [0.2, 0.25) is 0 Å². The van der Waals surface area contributed by atoms with E-state index in [1.165, 1.54) is 11.1 Å². The molecule has 0 bridgehead atoms. The van der Waals surface area contributed by atoms with E-state index < -0.39 is 0 Å². The van der Waals surface area contributed by atoms with Crippen LogP contribution in [0.15, 0.2) is 18.2 Å². The van der Waals surface area contributed by atoms with Gasteiger partial charge in [-0.2, -0.15) is 0 Å². The van der Waals surface area contributed by atoms with Crippen LogP contribution < -0.4 is 5.32 Å². The van der Waals surface area contributed by atoms with Crippen molar-refractivity contribution in [1.82, 2.24) is 15.3 Å². The van der Waals surface area contributed by atoms with E-state index in [9.17, 15) is 0 Å². The fourth-order valence-corrected chi connectivity index (χ4v) is 2.78. The molecule has 0 aliphatic carbocycles. The highest BCUT2D eigenvalue weighted by Crippen LogP contribution is 2.32. The van der Waals surface area contributed by atoms with E-state index in [0.717, 1.165) is 43.7 Å². The average Bonchev–Trinajstić information content (AvgIpc) is 2.83. The lowest BCUT2D eigenvalue weighted by Gasteiger charge is -2.32. The molecular weight excluding hydrogens is 222 g/mol. The molecule has 1 aromatic carbocycles. The van der Waals surface area contributed by atoms with Gasteiger partial charge in [0.15, 0.2) is 0 Å². The topological polar surface area (TPSA) is 40.7 Å². The maximum absolute atomic E-state index is 4.80. The molecule has 0 radical (unpaired) electrons. The van der Waals surface area contributed by atoms with Crippen molar-refractivity contribution in [3.63, 3.8) is 0 Å². The second-order valence-corrected chi connectivity index (χ2v) is 5.60. The van der Waals surface area contributed by atoms with Gasteiger partial charge in [0.05, 0.1) is 11.0 Å². The van der Waals surface area contributed by atoms with E-state index >= 15 is 0 Å². The van der Waals surface area contributed by atoms with Crippen molar-refractivity contribution in [2.75, 3.05) is 13.1 Å². The number of piperidine rings is 1. The van der Waals surface area contributed by atoms with Crippen LogP contribution in [-0.2, 0) is 11.8 Å². The summed E-state index contributed by atoms with van der Waals surface area (Å²) in [5.41, 5.74) is 3.86. The van der Waals surface area contributed by atoms with E-state index in [0.29, 0.717) is 0 Å². The maximum atomic E-state index is 4.80. The molecule has 1 aliphatic heterocycles. The molecule has 1 aliphatic rings. The van der Waals surface area contributed by atoms with E-state index in [1.807, 2.05) is 0 Å². The van der Waals surface area contributed by atoms with Crippen LogP contribution in [0.25, 0.3) is 11.0 Å². The van der Waals surface area contributed by atoms with Crippen LogP contribution in [0.5, 0.6) is 0 Å². The zero-order chi connectivity index (χ0) is 12.6. The molecule has 3 nitrogen and oxygen atoms in total. The van der Waals surface area contributed by atoms with Crippen LogP contribution >= 0.6 is 0 Å². The summed E-state index contributed by atoms with van der Waals surface area (Å²) in [5, 5.41) is 3.42. The van der Waals surface area contributed by atoms with Crippen molar-refractivity contribution in [3.8, 4) is 0 Å². The number of imidazole rings is 1. The third kappa shape index (κ3) is 1.93. The third-order valence-electron chi connectivity index (χ3n) is 4.23. The highest BCUT2D eigenvalue weighted by molar-refractivity contribution is 5.76. The maximum Gasteiger partial charge on any atom is 0.113 e. The Bertz CT molecular complexity index is 550. The zero-order valence-corrected chi connectivity index (χ0v) is 11.2. The Hall–Kier alpha value is -1.35. The number of nitrogens with one attached hydrogen (secondary N) is 2. The Morgan fingerprint density at radius 3 is 2.78 bits per heavy atom. The minimum atomic E-state index is 0.205. The van der Waals surface area contributed by atoms with E-state index in [1.54, 1.807) is 0 Å². The molecule has 96 valence electrons. The summed E-state index contributed by atoms with van der Waals surface area (Å²) in [6, 6.07) is 6.55. The summed E-state index contributed by atoms with van der Waals surface area (Å²) in [6.07, 6.45) is 3.40. The van der Waals surface area contributed by atoms with Crippen molar-refractivity contribution in [3.05, 3.63) is 29.6 Å².